The van der Waals surface area contributed by atoms with Crippen LogP contribution in [0.1, 0.15) is 85.6 Å². The molecular weight excluding hydrogens is 415 g/mol. The molecule has 1 aromatic carbocycles. The molecule has 0 nitrogen and oxygen atoms in total. The van der Waals surface area contributed by atoms with Crippen LogP contribution in [0.5, 0.6) is 0 Å². The summed E-state index contributed by atoms with van der Waals surface area (Å²) in [6, 6.07) is 9.58. The van der Waals surface area contributed by atoms with Gasteiger partial charge in [0.05, 0.1) is 0 Å². The van der Waals surface area contributed by atoms with Crippen LogP contribution in [-0.4, -0.2) is 17.0 Å². The molecule has 0 aromatic heterocycles. The van der Waals surface area contributed by atoms with E-state index in [1.165, 1.54) is 44.1 Å². The van der Waals surface area contributed by atoms with Crippen molar-refractivity contribution in [2.24, 2.45) is 0 Å². The van der Waals surface area contributed by atoms with Crippen molar-refractivity contribution >= 4 is 25.9 Å². The summed E-state index contributed by atoms with van der Waals surface area (Å²) in [5.41, 5.74) is 1.72. The Bertz CT molecular complexity index is 422. The Kier molecular flexibility index (Phi) is 10.4. The van der Waals surface area contributed by atoms with Crippen molar-refractivity contribution in [2.75, 3.05) is 0 Å². The quantitative estimate of drug-likeness (QED) is 0.302. The van der Waals surface area contributed by atoms with Gasteiger partial charge in [-0.05, 0) is 0 Å². The van der Waals surface area contributed by atoms with E-state index >= 15 is 0 Å². The van der Waals surface area contributed by atoms with Gasteiger partial charge in [0.15, 0.2) is 0 Å². The molecule has 0 spiro atoms. The second-order valence-electron chi connectivity index (χ2n) is 8.37. The van der Waals surface area contributed by atoms with Gasteiger partial charge in [0.1, 0.15) is 0 Å². The van der Waals surface area contributed by atoms with Crippen molar-refractivity contribution in [3.63, 3.8) is 0 Å². The van der Waals surface area contributed by atoms with E-state index in [0.29, 0.717) is 0 Å². The summed E-state index contributed by atoms with van der Waals surface area (Å²) in [5.74, 6) is 0. The maximum atomic E-state index is 2.42. The fraction of sp³-hybridized carbons (Fsp3) is 0.727. The normalized spacial score (nSPS) is 12.6. The molecule has 0 heterocycles. The van der Waals surface area contributed by atoms with Gasteiger partial charge in [-0.3, -0.25) is 0 Å². The second kappa shape index (κ2) is 11.2. The number of hydrogen-bond acceptors (Lipinski definition) is 1. The van der Waals surface area contributed by atoms with Gasteiger partial charge in [-0.2, -0.15) is 0 Å². The van der Waals surface area contributed by atoms with Gasteiger partial charge < -0.3 is 0 Å². The van der Waals surface area contributed by atoms with Crippen LogP contribution in [0.25, 0.3) is 0 Å². The number of rotatable bonds is 11. The minimum absolute atomic E-state index is 0.260. The summed E-state index contributed by atoms with van der Waals surface area (Å²) >= 11 is -2.11. The van der Waals surface area contributed by atoms with E-state index in [2.05, 4.69) is 74.8 Å². The van der Waals surface area contributed by atoms with Gasteiger partial charge in [0.2, 0.25) is 0 Å². The second-order valence-corrected chi connectivity index (χ2v) is 27.6. The average molecular weight is 455 g/mol. The zero-order valence-electron chi connectivity index (χ0n) is 17.1. The Morgan fingerprint density at radius 2 is 1.17 bits per heavy atom. The molecule has 0 unspecified atom stereocenters. The van der Waals surface area contributed by atoms with Crippen molar-refractivity contribution in [1.82, 2.24) is 0 Å². The molecule has 0 N–H and O–H groups in total. The van der Waals surface area contributed by atoms with Crippen molar-refractivity contribution in [3.8, 4) is 0 Å². The molecule has 0 amide bonds. The molecule has 138 valence electrons. The third-order valence-corrected chi connectivity index (χ3v) is 26.6. The first-order valence-electron chi connectivity index (χ1n) is 10.2. The molecular formula is C22H40SSn. The summed E-state index contributed by atoms with van der Waals surface area (Å²) in [6.45, 7) is 14.0. The molecule has 0 saturated heterocycles. The molecule has 0 saturated carbocycles. The van der Waals surface area contributed by atoms with Crippen LogP contribution in [0.4, 0.5) is 0 Å². The summed E-state index contributed by atoms with van der Waals surface area (Å²) in [4.78, 5) is 1.56. The molecule has 24 heavy (non-hydrogen) atoms. The Hall–Kier alpha value is 0.369. The van der Waals surface area contributed by atoms with E-state index < -0.39 is 17.0 Å². The minimum atomic E-state index is -2.11. The van der Waals surface area contributed by atoms with Crippen LogP contribution in [0.2, 0.25) is 13.3 Å². The number of benzene rings is 1. The Labute approximate surface area is 158 Å². The fourth-order valence-corrected chi connectivity index (χ4v) is 26.0. The third-order valence-electron chi connectivity index (χ3n) is 5.01. The van der Waals surface area contributed by atoms with E-state index in [-0.39, 0.29) is 5.41 Å². The number of unbranched alkanes of at least 4 members (excludes halogenated alkanes) is 3. The average Bonchev–Trinajstić information content (AvgIpc) is 2.56. The van der Waals surface area contributed by atoms with Crippen molar-refractivity contribution in [1.29, 1.82) is 0 Å². The maximum absolute atomic E-state index is 2.42. The standard InChI is InChI=1S/C10H14S.3C4H9.Sn/c1-10(2,3)8-4-6-9(11)7-5-8;3*1-3-4-2;/h4-7,11H,1-3H3;3*1,3-4H2,2H3;/q;;;;+1/p-1. The van der Waals surface area contributed by atoms with Gasteiger partial charge in [0, 0.05) is 0 Å². The molecule has 0 fully saturated rings. The van der Waals surface area contributed by atoms with Crippen LogP contribution in [0.15, 0.2) is 29.2 Å². The summed E-state index contributed by atoms with van der Waals surface area (Å²) in [7, 11) is 2.39. The van der Waals surface area contributed by atoms with Crippen molar-refractivity contribution < 1.29 is 0 Å². The zero-order valence-corrected chi connectivity index (χ0v) is 20.8. The van der Waals surface area contributed by atoms with E-state index in [9.17, 15) is 0 Å². The number of hydrogen-bond donors (Lipinski definition) is 0. The summed E-state index contributed by atoms with van der Waals surface area (Å²) < 4.78 is 4.74. The van der Waals surface area contributed by atoms with Gasteiger partial charge in [-0.15, -0.1) is 0 Å². The monoisotopic (exact) mass is 456 g/mol. The molecule has 0 atom stereocenters. The summed E-state index contributed by atoms with van der Waals surface area (Å²) in [5, 5.41) is 0. The first-order valence-corrected chi connectivity index (χ1v) is 20.5. The predicted molar refractivity (Wildman–Crippen MR) is 116 cm³/mol. The van der Waals surface area contributed by atoms with Gasteiger partial charge in [0.25, 0.3) is 0 Å². The molecule has 2 heteroatoms. The first-order chi connectivity index (χ1) is 11.4. The van der Waals surface area contributed by atoms with Gasteiger partial charge >= 0.3 is 159 Å². The van der Waals surface area contributed by atoms with Crippen LogP contribution in [0.3, 0.4) is 0 Å². The fourth-order valence-electron chi connectivity index (χ4n) is 3.30. The third kappa shape index (κ3) is 7.72. The van der Waals surface area contributed by atoms with Crippen LogP contribution >= 0.6 is 8.95 Å². The Balaban J connectivity index is 2.95. The van der Waals surface area contributed by atoms with Gasteiger partial charge in [-0.25, -0.2) is 0 Å². The van der Waals surface area contributed by atoms with E-state index in [1.807, 2.05) is 0 Å². The summed E-state index contributed by atoms with van der Waals surface area (Å²) in [6.07, 6.45) is 8.45. The van der Waals surface area contributed by atoms with Crippen LogP contribution < -0.4 is 0 Å². The van der Waals surface area contributed by atoms with Crippen molar-refractivity contribution in [3.05, 3.63) is 29.8 Å². The van der Waals surface area contributed by atoms with Crippen LogP contribution in [0, 0.1) is 0 Å². The zero-order chi connectivity index (χ0) is 18.1. The molecule has 0 aliphatic heterocycles. The molecule has 0 aliphatic rings. The molecule has 0 aliphatic carbocycles. The van der Waals surface area contributed by atoms with E-state index in [4.69, 9.17) is 0 Å². The van der Waals surface area contributed by atoms with E-state index in [0.717, 1.165) is 0 Å². The van der Waals surface area contributed by atoms with E-state index in [1.54, 1.807) is 18.2 Å². The molecule has 0 radical (unpaired) electrons. The van der Waals surface area contributed by atoms with Crippen LogP contribution in [-0.2, 0) is 5.41 Å². The van der Waals surface area contributed by atoms with Crippen molar-refractivity contribution in [2.45, 2.75) is 104 Å². The molecule has 1 aromatic rings. The molecule has 0 bridgehead atoms. The molecule has 1 rings (SSSR count). The Morgan fingerprint density at radius 3 is 1.50 bits per heavy atom. The van der Waals surface area contributed by atoms with Gasteiger partial charge in [-0.1, -0.05) is 0 Å². The first kappa shape index (κ1) is 22.4. The topological polar surface area (TPSA) is 0 Å². The SMILES string of the molecule is CCC[CH2][Sn]([CH2]CCC)([CH2]CCC)[S]c1ccc(C(C)(C)C)cc1. The predicted octanol–water partition coefficient (Wildman–Crippen LogP) is 8.42. The Morgan fingerprint density at radius 1 is 0.750 bits per heavy atom.